The molecule has 10 heteroatoms. The molecule has 2 aliphatic rings. The lowest BCUT2D eigenvalue weighted by molar-refractivity contribution is 0.340. The van der Waals surface area contributed by atoms with E-state index >= 15 is 0 Å². The minimum Gasteiger partial charge on any atom is -0.494 e. The van der Waals surface area contributed by atoms with E-state index in [2.05, 4.69) is 192 Å². The molecule has 0 fully saturated rings. The lowest BCUT2D eigenvalue weighted by atomic mass is 9.95. The second-order valence-corrected chi connectivity index (χ2v) is 19.5. The fourth-order valence-electron chi connectivity index (χ4n) is 9.49. The predicted molar refractivity (Wildman–Crippen MR) is 290 cm³/mol. The lowest BCUT2D eigenvalue weighted by Crippen LogP contribution is -2.18. The van der Waals surface area contributed by atoms with Crippen LogP contribution in [0.1, 0.15) is 61.0 Å². The molecule has 0 spiro atoms. The van der Waals surface area contributed by atoms with Crippen LogP contribution in [0.4, 0.5) is 11.4 Å². The minimum atomic E-state index is 0.0264. The first-order chi connectivity index (χ1) is 34.5. The number of rotatable bonds is 13. The van der Waals surface area contributed by atoms with Crippen molar-refractivity contribution in [2.75, 3.05) is 23.2 Å². The number of hydrogen-bond acceptors (Lipinski definition) is 10. The quantitative estimate of drug-likeness (QED) is 0.115. The van der Waals surface area contributed by atoms with Crippen molar-refractivity contribution in [1.82, 2.24) is 9.97 Å². The number of ether oxygens (including phenoxy) is 2. The molecule has 0 bridgehead atoms. The average molecular weight is 949 g/mol. The Balaban J connectivity index is 0.792. The van der Waals surface area contributed by atoms with E-state index in [4.69, 9.17) is 29.6 Å². The van der Waals surface area contributed by atoms with Crippen molar-refractivity contribution in [3.8, 4) is 43.8 Å². The van der Waals surface area contributed by atoms with E-state index < -0.39 is 0 Å². The molecule has 0 amide bonds. The molecule has 0 N–H and O–H groups in total. The number of para-hydroxylation sites is 2. The third kappa shape index (κ3) is 8.61. The zero-order chi connectivity index (χ0) is 47.0. The monoisotopic (exact) mass is 948 g/mol. The number of nitrogens with zero attached hydrogens (tertiary/aromatic N) is 6. The van der Waals surface area contributed by atoms with Gasteiger partial charge in [-0.15, -0.1) is 22.7 Å². The van der Waals surface area contributed by atoms with E-state index in [1.165, 1.54) is 20.5 Å². The second kappa shape index (κ2) is 18.9. The van der Waals surface area contributed by atoms with Gasteiger partial charge in [0.2, 0.25) is 0 Å². The van der Waals surface area contributed by atoms with Gasteiger partial charge in [0, 0.05) is 24.0 Å². The maximum Gasteiger partial charge on any atom is 0.124 e. The molecule has 70 heavy (non-hydrogen) atoms. The van der Waals surface area contributed by atoms with Crippen LogP contribution >= 0.6 is 22.7 Å². The SMILES string of the molecule is CCOc1ccc(C2CC(c3ccc(-c4ccc(C5=NN(c6ccc(-c7nc8ccccc8s7)cc6)C(c6ccc(OCC)cc6)C5)cc4)cc3)=NN2c2ccc(-c3nc4ccccc4s3)cc2)cc1. The Kier molecular flexibility index (Phi) is 11.7. The molecule has 0 saturated carbocycles. The van der Waals surface area contributed by atoms with Gasteiger partial charge in [-0.1, -0.05) is 97.1 Å². The van der Waals surface area contributed by atoms with E-state index in [9.17, 15) is 0 Å². The third-order valence-electron chi connectivity index (χ3n) is 13.1. The summed E-state index contributed by atoms with van der Waals surface area (Å²) in [5, 5.41) is 17.0. The van der Waals surface area contributed by atoms with Gasteiger partial charge < -0.3 is 9.47 Å². The highest BCUT2D eigenvalue weighted by Gasteiger charge is 2.32. The number of anilines is 2. The zero-order valence-corrected chi connectivity index (χ0v) is 40.4. The molecule has 8 nitrogen and oxygen atoms in total. The molecule has 8 aromatic carbocycles. The van der Waals surface area contributed by atoms with Crippen molar-refractivity contribution in [3.05, 3.63) is 216 Å². The Labute approximate surface area is 415 Å². The molecule has 0 radical (unpaired) electrons. The number of hydrogen-bond donors (Lipinski definition) is 0. The van der Waals surface area contributed by atoms with Crippen molar-refractivity contribution >= 4 is 65.9 Å². The van der Waals surface area contributed by atoms with Crippen molar-refractivity contribution in [1.29, 1.82) is 0 Å². The topological polar surface area (TPSA) is 75.4 Å². The Morgan fingerprint density at radius 2 is 0.771 bits per heavy atom. The molecular weight excluding hydrogens is 901 g/mol. The molecule has 0 saturated heterocycles. The van der Waals surface area contributed by atoms with Crippen molar-refractivity contribution < 1.29 is 9.47 Å². The van der Waals surface area contributed by atoms with Crippen molar-refractivity contribution in [3.63, 3.8) is 0 Å². The van der Waals surface area contributed by atoms with Gasteiger partial charge in [0.15, 0.2) is 0 Å². The molecule has 2 unspecified atom stereocenters. The predicted octanol–water partition coefficient (Wildman–Crippen LogP) is 15.4. The fraction of sp³-hybridized carbons (Fsp3) is 0.133. The van der Waals surface area contributed by atoms with Crippen LogP contribution in [0.2, 0.25) is 0 Å². The van der Waals surface area contributed by atoms with Gasteiger partial charge in [0.05, 0.1) is 68.5 Å². The molecule has 10 aromatic rings. The summed E-state index contributed by atoms with van der Waals surface area (Å²) in [4.78, 5) is 9.80. The van der Waals surface area contributed by atoms with E-state index in [0.29, 0.717) is 13.2 Å². The first-order valence-electron chi connectivity index (χ1n) is 23.9. The molecular formula is C60H48N6O2S2. The molecule has 2 aliphatic heterocycles. The summed E-state index contributed by atoms with van der Waals surface area (Å²) in [5.74, 6) is 1.74. The van der Waals surface area contributed by atoms with Crippen molar-refractivity contribution in [2.45, 2.75) is 38.8 Å². The van der Waals surface area contributed by atoms with E-state index in [1.54, 1.807) is 22.7 Å². The van der Waals surface area contributed by atoms with E-state index in [1.807, 2.05) is 26.0 Å². The first kappa shape index (κ1) is 43.4. The number of aromatic nitrogens is 2. The maximum absolute atomic E-state index is 5.80. The minimum absolute atomic E-state index is 0.0264. The molecule has 4 heterocycles. The van der Waals surface area contributed by atoms with Gasteiger partial charge in [-0.05, 0) is 144 Å². The molecule has 342 valence electrons. The van der Waals surface area contributed by atoms with Crippen LogP contribution in [-0.4, -0.2) is 34.6 Å². The second-order valence-electron chi connectivity index (χ2n) is 17.4. The van der Waals surface area contributed by atoms with Crippen LogP contribution < -0.4 is 19.5 Å². The Morgan fingerprint density at radius 1 is 0.414 bits per heavy atom. The zero-order valence-electron chi connectivity index (χ0n) is 38.8. The largest absolute Gasteiger partial charge is 0.494 e. The van der Waals surface area contributed by atoms with E-state index in [0.717, 1.165) is 102 Å². The summed E-state index contributed by atoms with van der Waals surface area (Å²) < 4.78 is 14.0. The number of fused-ring (bicyclic) bond motifs is 2. The van der Waals surface area contributed by atoms with E-state index in [-0.39, 0.29) is 12.1 Å². The number of benzene rings is 8. The summed E-state index contributed by atoms with van der Waals surface area (Å²) in [7, 11) is 0. The number of thiazole rings is 2. The van der Waals surface area contributed by atoms with Gasteiger partial charge >= 0.3 is 0 Å². The summed E-state index contributed by atoms with van der Waals surface area (Å²) in [6.45, 7) is 5.29. The van der Waals surface area contributed by atoms with Crippen LogP contribution in [0.25, 0.3) is 52.7 Å². The van der Waals surface area contributed by atoms with Crippen LogP contribution in [0, 0.1) is 0 Å². The van der Waals surface area contributed by atoms with Gasteiger partial charge in [-0.3, -0.25) is 10.0 Å². The third-order valence-corrected chi connectivity index (χ3v) is 15.3. The van der Waals surface area contributed by atoms with Gasteiger partial charge in [0.25, 0.3) is 0 Å². The fourth-order valence-corrected chi connectivity index (χ4v) is 11.4. The van der Waals surface area contributed by atoms with Crippen LogP contribution in [0.3, 0.4) is 0 Å². The lowest BCUT2D eigenvalue weighted by Gasteiger charge is -2.24. The highest BCUT2D eigenvalue weighted by molar-refractivity contribution is 7.22. The normalized spacial score (nSPS) is 15.7. The van der Waals surface area contributed by atoms with Crippen molar-refractivity contribution in [2.24, 2.45) is 10.2 Å². The highest BCUT2D eigenvalue weighted by atomic mass is 32.1. The molecule has 0 aliphatic carbocycles. The van der Waals surface area contributed by atoms with Crippen LogP contribution in [0.15, 0.2) is 204 Å². The maximum atomic E-state index is 5.80. The Bertz CT molecular complexity index is 3210. The number of hydrazone groups is 2. The molecule has 12 rings (SSSR count). The molecule has 2 atom stereocenters. The summed E-state index contributed by atoms with van der Waals surface area (Å²) >= 11 is 3.44. The van der Waals surface area contributed by atoms with Gasteiger partial charge in [-0.2, -0.15) is 10.2 Å². The average Bonchev–Trinajstić information content (AvgIpc) is 4.25. The van der Waals surface area contributed by atoms with Crippen LogP contribution in [-0.2, 0) is 0 Å². The smallest absolute Gasteiger partial charge is 0.124 e. The first-order valence-corrected chi connectivity index (χ1v) is 25.5. The summed E-state index contributed by atoms with van der Waals surface area (Å²) in [6.07, 6.45) is 1.54. The van der Waals surface area contributed by atoms with Gasteiger partial charge in [0.1, 0.15) is 21.5 Å². The Hall–Kier alpha value is -7.92. The highest BCUT2D eigenvalue weighted by Crippen LogP contribution is 2.41. The van der Waals surface area contributed by atoms with Crippen LogP contribution in [0.5, 0.6) is 11.5 Å². The standard InChI is InChI=1S/C60H48N6O2S2/c1-3-67-49-33-25-43(26-34-49)55-37-53(63-65(55)47-29-21-45(22-30-47)59-61-51-9-5-7-11-57(51)69-59)41-17-13-39(14-18-41)40-15-19-42(20-16-40)54-38-56(44-27-35-50(36-28-44)68-4-2)66(64-54)48-31-23-46(24-32-48)60-62-52-10-6-8-12-58(52)70-60/h5-36,55-56H,3-4,37-38H2,1-2H3. The summed E-state index contributed by atoms with van der Waals surface area (Å²) in [6, 6.07) is 68.6. The Morgan fingerprint density at radius 3 is 1.14 bits per heavy atom. The summed E-state index contributed by atoms with van der Waals surface area (Å²) in [5.41, 5.74) is 15.3. The van der Waals surface area contributed by atoms with Gasteiger partial charge in [-0.25, -0.2) is 9.97 Å². The molecule has 2 aromatic heterocycles.